The van der Waals surface area contributed by atoms with Crippen molar-refractivity contribution >= 4 is 21.8 Å². The molecule has 96 valence electrons. The van der Waals surface area contributed by atoms with Crippen LogP contribution in [0.2, 0.25) is 0 Å². The highest BCUT2D eigenvalue weighted by molar-refractivity contribution is 8.01. The van der Waals surface area contributed by atoms with Crippen molar-refractivity contribution in [3.63, 3.8) is 0 Å². The SMILES string of the molecule is Cc1ccc(S(=O)(=O)NC(N)SC(C)N)cc1. The van der Waals surface area contributed by atoms with E-state index in [1.807, 2.05) is 6.92 Å². The van der Waals surface area contributed by atoms with Crippen LogP contribution in [0, 0.1) is 6.92 Å². The first-order valence-electron chi connectivity index (χ1n) is 5.07. The zero-order valence-electron chi connectivity index (χ0n) is 9.75. The third-order valence-electron chi connectivity index (χ3n) is 1.96. The number of nitrogens with one attached hydrogen (secondary N) is 1. The Balaban J connectivity index is 2.78. The van der Waals surface area contributed by atoms with Crippen LogP contribution in [0.4, 0.5) is 0 Å². The molecule has 0 aliphatic carbocycles. The molecule has 2 atom stereocenters. The maximum atomic E-state index is 11.9. The smallest absolute Gasteiger partial charge is 0.242 e. The molecule has 1 aromatic rings. The fraction of sp³-hybridized carbons (Fsp3) is 0.400. The highest BCUT2D eigenvalue weighted by atomic mass is 32.2. The summed E-state index contributed by atoms with van der Waals surface area (Å²) in [6, 6.07) is 6.55. The molecule has 5 N–H and O–H groups in total. The van der Waals surface area contributed by atoms with Gasteiger partial charge in [-0.3, -0.25) is 0 Å². The predicted octanol–water partition coefficient (Wildman–Crippen LogP) is 0.554. The maximum Gasteiger partial charge on any atom is 0.242 e. The fourth-order valence-corrected chi connectivity index (χ4v) is 3.20. The largest absolute Gasteiger partial charge is 0.319 e. The summed E-state index contributed by atoms with van der Waals surface area (Å²) in [7, 11) is -3.57. The number of rotatable bonds is 5. The molecule has 0 heterocycles. The van der Waals surface area contributed by atoms with Crippen molar-refractivity contribution in [2.75, 3.05) is 0 Å². The number of thioether (sulfide) groups is 1. The lowest BCUT2D eigenvalue weighted by Gasteiger charge is -2.15. The third-order valence-corrected chi connectivity index (χ3v) is 4.41. The average molecular weight is 275 g/mol. The highest BCUT2D eigenvalue weighted by Gasteiger charge is 2.18. The summed E-state index contributed by atoms with van der Waals surface area (Å²) in [6.07, 6.45) is 0. The number of sulfonamides is 1. The van der Waals surface area contributed by atoms with Gasteiger partial charge in [0, 0.05) is 0 Å². The van der Waals surface area contributed by atoms with Crippen LogP contribution in [0.1, 0.15) is 12.5 Å². The lowest BCUT2D eigenvalue weighted by Crippen LogP contribution is -2.40. The van der Waals surface area contributed by atoms with Crippen LogP contribution < -0.4 is 16.2 Å². The molecule has 0 amide bonds. The van der Waals surface area contributed by atoms with Crippen molar-refractivity contribution < 1.29 is 8.42 Å². The molecule has 1 rings (SSSR count). The average Bonchev–Trinajstić information content (AvgIpc) is 2.15. The van der Waals surface area contributed by atoms with Gasteiger partial charge in [-0.1, -0.05) is 17.7 Å². The highest BCUT2D eigenvalue weighted by Crippen LogP contribution is 2.13. The minimum Gasteiger partial charge on any atom is -0.319 e. The first-order valence-corrected chi connectivity index (χ1v) is 7.49. The molecular formula is C10H17N3O2S2. The molecule has 5 nitrogen and oxygen atoms in total. The van der Waals surface area contributed by atoms with Crippen LogP contribution in [0.15, 0.2) is 29.2 Å². The standard InChI is InChI=1S/C10H17N3O2S2/c1-7-3-5-9(6-4-7)17(14,15)13-10(12)16-8(2)11/h3-6,8,10,13H,11-12H2,1-2H3. The Hall–Kier alpha value is -0.600. The predicted molar refractivity (Wildman–Crippen MR) is 70.7 cm³/mol. The number of hydrogen-bond acceptors (Lipinski definition) is 5. The molecule has 1 aromatic carbocycles. The Labute approximate surface area is 106 Å². The second kappa shape index (κ2) is 5.83. The number of nitrogens with two attached hydrogens (primary N) is 2. The van der Waals surface area contributed by atoms with E-state index in [4.69, 9.17) is 11.5 Å². The van der Waals surface area contributed by atoms with Crippen molar-refractivity contribution in [2.24, 2.45) is 11.5 Å². The van der Waals surface area contributed by atoms with E-state index in [9.17, 15) is 8.42 Å². The van der Waals surface area contributed by atoms with Gasteiger partial charge >= 0.3 is 0 Å². The van der Waals surface area contributed by atoms with Crippen LogP contribution in [0.25, 0.3) is 0 Å². The van der Waals surface area contributed by atoms with Crippen LogP contribution in [-0.2, 0) is 10.0 Å². The molecule has 0 fully saturated rings. The van der Waals surface area contributed by atoms with E-state index in [1.165, 1.54) is 0 Å². The van der Waals surface area contributed by atoms with Crippen LogP contribution in [0.5, 0.6) is 0 Å². The summed E-state index contributed by atoms with van der Waals surface area (Å²) in [5.74, 6) is 0. The van der Waals surface area contributed by atoms with Gasteiger partial charge in [0.05, 0.1) is 10.3 Å². The third kappa shape index (κ3) is 4.64. The lowest BCUT2D eigenvalue weighted by atomic mass is 10.2. The Morgan fingerprint density at radius 1 is 1.24 bits per heavy atom. The van der Waals surface area contributed by atoms with Crippen LogP contribution in [0.3, 0.4) is 0 Å². The number of aryl methyl sites for hydroxylation is 1. The fourth-order valence-electron chi connectivity index (χ4n) is 1.20. The molecule has 0 aliphatic heterocycles. The van der Waals surface area contributed by atoms with Gasteiger partial charge in [0.1, 0.15) is 5.50 Å². The second-order valence-corrected chi connectivity index (χ2v) is 6.93. The minimum absolute atomic E-state index is 0.198. The summed E-state index contributed by atoms with van der Waals surface area (Å²) < 4.78 is 26.1. The Morgan fingerprint density at radius 3 is 2.24 bits per heavy atom. The molecule has 0 aliphatic rings. The van der Waals surface area contributed by atoms with Crippen molar-refractivity contribution in [2.45, 2.75) is 29.6 Å². The van der Waals surface area contributed by atoms with Gasteiger partial charge in [-0.2, -0.15) is 4.72 Å². The molecule has 0 bridgehead atoms. The van der Waals surface area contributed by atoms with Gasteiger partial charge in [-0.05, 0) is 26.0 Å². The van der Waals surface area contributed by atoms with Crippen molar-refractivity contribution in [1.82, 2.24) is 4.72 Å². The van der Waals surface area contributed by atoms with Crippen molar-refractivity contribution in [3.05, 3.63) is 29.8 Å². The second-order valence-electron chi connectivity index (χ2n) is 3.70. The van der Waals surface area contributed by atoms with E-state index in [-0.39, 0.29) is 10.3 Å². The molecule has 0 spiro atoms. The van der Waals surface area contributed by atoms with E-state index in [2.05, 4.69) is 4.72 Å². The number of hydrogen-bond donors (Lipinski definition) is 3. The molecular weight excluding hydrogens is 258 g/mol. The van der Waals surface area contributed by atoms with Gasteiger partial charge in [-0.25, -0.2) is 8.42 Å². The summed E-state index contributed by atoms with van der Waals surface area (Å²) >= 11 is 1.14. The molecule has 17 heavy (non-hydrogen) atoms. The zero-order chi connectivity index (χ0) is 13.1. The maximum absolute atomic E-state index is 11.9. The summed E-state index contributed by atoms with van der Waals surface area (Å²) in [5.41, 5.74) is 11.4. The Morgan fingerprint density at radius 2 is 1.76 bits per heavy atom. The summed E-state index contributed by atoms with van der Waals surface area (Å²) in [4.78, 5) is 0.198. The van der Waals surface area contributed by atoms with Gasteiger partial charge < -0.3 is 11.5 Å². The lowest BCUT2D eigenvalue weighted by molar-refractivity contribution is 0.579. The molecule has 0 saturated heterocycles. The van der Waals surface area contributed by atoms with Gasteiger partial charge in [0.25, 0.3) is 0 Å². The normalized spacial score (nSPS) is 15.5. The van der Waals surface area contributed by atoms with Crippen molar-refractivity contribution in [3.8, 4) is 0 Å². The van der Waals surface area contributed by atoms with E-state index in [1.54, 1.807) is 31.2 Å². The zero-order valence-corrected chi connectivity index (χ0v) is 11.4. The molecule has 0 aromatic heterocycles. The van der Waals surface area contributed by atoms with E-state index >= 15 is 0 Å². The molecule has 2 unspecified atom stereocenters. The first kappa shape index (κ1) is 14.5. The quantitative estimate of drug-likeness (QED) is 0.682. The van der Waals surface area contributed by atoms with Crippen molar-refractivity contribution in [1.29, 1.82) is 0 Å². The first-order chi connectivity index (χ1) is 7.81. The van der Waals surface area contributed by atoms with Crippen LogP contribution in [-0.4, -0.2) is 19.3 Å². The van der Waals surface area contributed by atoms with Gasteiger partial charge in [0.15, 0.2) is 0 Å². The summed E-state index contributed by atoms with van der Waals surface area (Å²) in [6.45, 7) is 3.63. The van der Waals surface area contributed by atoms with E-state index in [0.29, 0.717) is 0 Å². The number of benzene rings is 1. The molecule has 7 heteroatoms. The van der Waals surface area contributed by atoms with Gasteiger partial charge in [-0.15, -0.1) is 11.8 Å². The topological polar surface area (TPSA) is 98.2 Å². The van der Waals surface area contributed by atoms with Gasteiger partial charge in [0.2, 0.25) is 10.0 Å². The summed E-state index contributed by atoms with van der Waals surface area (Å²) in [5, 5.41) is -0.231. The molecule has 0 saturated carbocycles. The molecule has 0 radical (unpaired) electrons. The monoisotopic (exact) mass is 275 g/mol. The van der Waals surface area contributed by atoms with Crippen LogP contribution >= 0.6 is 11.8 Å². The Bertz CT molecular complexity index is 457. The van der Waals surface area contributed by atoms with E-state index < -0.39 is 15.5 Å². The minimum atomic E-state index is -3.57. The Kier molecular flexibility index (Phi) is 4.96. The van der Waals surface area contributed by atoms with E-state index in [0.717, 1.165) is 17.3 Å².